The Kier molecular flexibility index (Phi) is 8.30. The van der Waals surface area contributed by atoms with E-state index in [1.807, 2.05) is 25.1 Å². The van der Waals surface area contributed by atoms with Gasteiger partial charge in [-0.15, -0.1) is 0 Å². The molecule has 0 spiro atoms. The van der Waals surface area contributed by atoms with Crippen LogP contribution in [0.1, 0.15) is 32.3 Å². The molecule has 0 heterocycles. The van der Waals surface area contributed by atoms with Gasteiger partial charge in [0.25, 0.3) is 5.91 Å². The molecule has 0 aliphatic carbocycles. The van der Waals surface area contributed by atoms with Crippen molar-refractivity contribution in [3.63, 3.8) is 0 Å². The lowest BCUT2D eigenvalue weighted by Crippen LogP contribution is -2.29. The van der Waals surface area contributed by atoms with E-state index in [2.05, 4.69) is 33.5 Å². The summed E-state index contributed by atoms with van der Waals surface area (Å²) in [7, 11) is 0. The van der Waals surface area contributed by atoms with Gasteiger partial charge in [-0.3, -0.25) is 4.79 Å². The third kappa shape index (κ3) is 6.39. The molecule has 5 heteroatoms. The van der Waals surface area contributed by atoms with Crippen LogP contribution in [0.4, 0.5) is 0 Å². The SMILES string of the molecule is CCCNCc1cc(OCC(=O)NCCC)ccc1Br. The molecule has 1 amide bonds. The van der Waals surface area contributed by atoms with Crippen LogP contribution in [0.25, 0.3) is 0 Å². The molecule has 4 nitrogen and oxygen atoms in total. The highest BCUT2D eigenvalue weighted by Crippen LogP contribution is 2.22. The first-order valence-corrected chi connectivity index (χ1v) is 7.85. The van der Waals surface area contributed by atoms with Crippen LogP contribution in [0.2, 0.25) is 0 Å². The monoisotopic (exact) mass is 342 g/mol. The number of carbonyl (C=O) groups excluding carboxylic acids is 1. The molecular formula is C15H23BrN2O2. The second kappa shape index (κ2) is 9.77. The lowest BCUT2D eigenvalue weighted by molar-refractivity contribution is -0.123. The fourth-order valence-corrected chi connectivity index (χ4v) is 2.03. The van der Waals surface area contributed by atoms with E-state index in [1.54, 1.807) is 0 Å². The first kappa shape index (κ1) is 17.0. The molecule has 1 aromatic rings. The quantitative estimate of drug-likeness (QED) is 0.678. The Morgan fingerprint density at radius 1 is 1.25 bits per heavy atom. The Bertz CT molecular complexity index is 424. The second-order valence-corrected chi connectivity index (χ2v) is 5.42. The van der Waals surface area contributed by atoms with E-state index in [1.165, 1.54) is 0 Å². The summed E-state index contributed by atoms with van der Waals surface area (Å²) >= 11 is 3.52. The Balaban J connectivity index is 2.49. The molecule has 0 unspecified atom stereocenters. The van der Waals surface area contributed by atoms with Gasteiger partial charge in [0.15, 0.2) is 6.61 Å². The topological polar surface area (TPSA) is 50.4 Å². The average molecular weight is 343 g/mol. The van der Waals surface area contributed by atoms with Crippen LogP contribution >= 0.6 is 15.9 Å². The number of amides is 1. The Morgan fingerprint density at radius 2 is 2.00 bits per heavy atom. The molecule has 0 atom stereocenters. The summed E-state index contributed by atoms with van der Waals surface area (Å²) in [4.78, 5) is 11.5. The third-order valence-corrected chi connectivity index (χ3v) is 3.48. The lowest BCUT2D eigenvalue weighted by atomic mass is 10.2. The summed E-state index contributed by atoms with van der Waals surface area (Å²) in [5.41, 5.74) is 1.13. The second-order valence-electron chi connectivity index (χ2n) is 4.57. The van der Waals surface area contributed by atoms with Gasteiger partial charge in [-0.05, 0) is 43.1 Å². The number of benzene rings is 1. The summed E-state index contributed by atoms with van der Waals surface area (Å²) in [6, 6.07) is 5.77. The van der Waals surface area contributed by atoms with Gasteiger partial charge >= 0.3 is 0 Å². The molecule has 0 radical (unpaired) electrons. The van der Waals surface area contributed by atoms with Gasteiger partial charge < -0.3 is 15.4 Å². The molecule has 0 aliphatic rings. The minimum atomic E-state index is -0.0829. The van der Waals surface area contributed by atoms with Crippen LogP contribution in [0, 0.1) is 0 Å². The van der Waals surface area contributed by atoms with E-state index in [0.29, 0.717) is 12.3 Å². The molecule has 0 aliphatic heterocycles. The number of rotatable bonds is 9. The van der Waals surface area contributed by atoms with Gasteiger partial charge in [0.1, 0.15) is 5.75 Å². The number of nitrogens with one attached hydrogen (secondary N) is 2. The van der Waals surface area contributed by atoms with Gasteiger partial charge in [-0.1, -0.05) is 29.8 Å². The van der Waals surface area contributed by atoms with Crippen molar-refractivity contribution in [1.82, 2.24) is 10.6 Å². The van der Waals surface area contributed by atoms with E-state index in [9.17, 15) is 4.79 Å². The minimum absolute atomic E-state index is 0.0590. The number of hydrogen-bond acceptors (Lipinski definition) is 3. The standard InChI is InChI=1S/C15H23BrN2O2/c1-3-7-17-10-12-9-13(5-6-14(12)16)20-11-15(19)18-8-4-2/h5-6,9,17H,3-4,7-8,10-11H2,1-2H3,(H,18,19). The van der Waals surface area contributed by atoms with Gasteiger partial charge in [0.2, 0.25) is 0 Å². The predicted octanol–water partition coefficient (Wildman–Crippen LogP) is 2.85. The molecule has 0 saturated heterocycles. The summed E-state index contributed by atoms with van der Waals surface area (Å²) < 4.78 is 6.55. The van der Waals surface area contributed by atoms with Crippen LogP contribution < -0.4 is 15.4 Å². The molecule has 0 bridgehead atoms. The summed E-state index contributed by atoms with van der Waals surface area (Å²) in [5, 5.41) is 6.13. The van der Waals surface area contributed by atoms with Crippen molar-refractivity contribution in [1.29, 1.82) is 0 Å². The maximum atomic E-state index is 11.5. The Hall–Kier alpha value is -1.07. The maximum Gasteiger partial charge on any atom is 0.257 e. The predicted molar refractivity (Wildman–Crippen MR) is 84.9 cm³/mol. The molecule has 0 aromatic heterocycles. The van der Waals surface area contributed by atoms with E-state index in [4.69, 9.17) is 4.74 Å². The fourth-order valence-electron chi connectivity index (χ4n) is 1.64. The number of ether oxygens (including phenoxy) is 1. The van der Waals surface area contributed by atoms with Crippen LogP contribution in [-0.2, 0) is 11.3 Å². The summed E-state index contributed by atoms with van der Waals surface area (Å²) in [6.07, 6.45) is 2.03. The molecule has 0 fully saturated rings. The van der Waals surface area contributed by atoms with E-state index in [-0.39, 0.29) is 12.5 Å². The van der Waals surface area contributed by atoms with Crippen molar-refractivity contribution in [3.8, 4) is 5.75 Å². The average Bonchev–Trinajstić information content (AvgIpc) is 2.45. The molecule has 2 N–H and O–H groups in total. The molecular weight excluding hydrogens is 320 g/mol. The highest BCUT2D eigenvalue weighted by atomic mass is 79.9. The molecule has 112 valence electrons. The van der Waals surface area contributed by atoms with Crippen molar-refractivity contribution in [2.75, 3.05) is 19.7 Å². The van der Waals surface area contributed by atoms with Crippen molar-refractivity contribution in [2.24, 2.45) is 0 Å². The van der Waals surface area contributed by atoms with E-state index < -0.39 is 0 Å². The largest absolute Gasteiger partial charge is 0.484 e. The van der Waals surface area contributed by atoms with Crippen molar-refractivity contribution in [2.45, 2.75) is 33.2 Å². The van der Waals surface area contributed by atoms with Gasteiger partial charge in [-0.25, -0.2) is 0 Å². The zero-order chi connectivity index (χ0) is 14.8. The zero-order valence-corrected chi connectivity index (χ0v) is 13.8. The van der Waals surface area contributed by atoms with Crippen molar-refractivity contribution < 1.29 is 9.53 Å². The first-order valence-electron chi connectivity index (χ1n) is 7.06. The normalized spacial score (nSPS) is 10.3. The molecule has 1 rings (SSSR count). The summed E-state index contributed by atoms with van der Waals surface area (Å²) in [6.45, 7) is 6.67. The molecule has 1 aromatic carbocycles. The third-order valence-electron chi connectivity index (χ3n) is 2.70. The highest BCUT2D eigenvalue weighted by molar-refractivity contribution is 9.10. The van der Waals surface area contributed by atoms with Crippen LogP contribution in [-0.4, -0.2) is 25.6 Å². The number of hydrogen-bond donors (Lipinski definition) is 2. The van der Waals surface area contributed by atoms with Gasteiger partial charge in [-0.2, -0.15) is 0 Å². The Morgan fingerprint density at radius 3 is 2.70 bits per heavy atom. The van der Waals surface area contributed by atoms with Gasteiger partial charge in [0, 0.05) is 17.6 Å². The fraction of sp³-hybridized carbons (Fsp3) is 0.533. The minimum Gasteiger partial charge on any atom is -0.484 e. The molecule has 20 heavy (non-hydrogen) atoms. The number of halogens is 1. The van der Waals surface area contributed by atoms with Crippen molar-refractivity contribution in [3.05, 3.63) is 28.2 Å². The van der Waals surface area contributed by atoms with Crippen molar-refractivity contribution >= 4 is 21.8 Å². The number of carbonyl (C=O) groups is 1. The van der Waals surface area contributed by atoms with Crippen LogP contribution in [0.3, 0.4) is 0 Å². The van der Waals surface area contributed by atoms with E-state index in [0.717, 1.165) is 36.0 Å². The van der Waals surface area contributed by atoms with Gasteiger partial charge in [0.05, 0.1) is 0 Å². The molecule has 0 saturated carbocycles. The Labute approximate surface area is 129 Å². The van der Waals surface area contributed by atoms with E-state index >= 15 is 0 Å². The lowest BCUT2D eigenvalue weighted by Gasteiger charge is -2.10. The van der Waals surface area contributed by atoms with Crippen LogP contribution in [0.15, 0.2) is 22.7 Å². The smallest absolute Gasteiger partial charge is 0.257 e. The zero-order valence-electron chi connectivity index (χ0n) is 12.2. The van der Waals surface area contributed by atoms with Crippen LogP contribution in [0.5, 0.6) is 5.75 Å². The maximum absolute atomic E-state index is 11.5. The summed E-state index contributed by atoms with van der Waals surface area (Å²) in [5.74, 6) is 0.633. The highest BCUT2D eigenvalue weighted by Gasteiger charge is 2.05. The first-order chi connectivity index (χ1) is 9.67.